The molecular formula is C12H17NO. The van der Waals surface area contributed by atoms with Gasteiger partial charge in [0.1, 0.15) is 5.75 Å². The second-order valence-electron chi connectivity index (χ2n) is 4.35. The topological polar surface area (TPSA) is 46.2 Å². The van der Waals surface area contributed by atoms with Gasteiger partial charge in [0.15, 0.2) is 0 Å². The van der Waals surface area contributed by atoms with Gasteiger partial charge in [-0.25, -0.2) is 0 Å². The van der Waals surface area contributed by atoms with Gasteiger partial charge in [-0.05, 0) is 25.3 Å². The van der Waals surface area contributed by atoms with Gasteiger partial charge in [0.2, 0.25) is 0 Å². The van der Waals surface area contributed by atoms with E-state index in [2.05, 4.69) is 0 Å². The van der Waals surface area contributed by atoms with E-state index in [0.717, 1.165) is 23.5 Å². The minimum Gasteiger partial charge on any atom is -0.508 e. The minimum atomic E-state index is 0.00222. The predicted octanol–water partition coefficient (Wildman–Crippen LogP) is 2.50. The highest BCUT2D eigenvalue weighted by atomic mass is 16.3. The van der Waals surface area contributed by atoms with Gasteiger partial charge in [0.25, 0.3) is 0 Å². The molecule has 1 aliphatic rings. The lowest BCUT2D eigenvalue weighted by Crippen LogP contribution is -2.11. The van der Waals surface area contributed by atoms with Gasteiger partial charge in [-0.3, -0.25) is 0 Å². The molecule has 1 aromatic rings. The average Bonchev–Trinajstić information content (AvgIpc) is 2.93. The molecule has 0 aromatic heterocycles. The van der Waals surface area contributed by atoms with Crippen LogP contribution in [-0.4, -0.2) is 5.11 Å². The Morgan fingerprint density at radius 3 is 2.86 bits per heavy atom. The van der Waals surface area contributed by atoms with Crippen LogP contribution >= 0.6 is 0 Å². The molecule has 0 heterocycles. The van der Waals surface area contributed by atoms with Gasteiger partial charge in [-0.15, -0.1) is 0 Å². The molecule has 1 aromatic carbocycles. The third-order valence-corrected chi connectivity index (χ3v) is 2.87. The zero-order chi connectivity index (χ0) is 10.1. The fourth-order valence-electron chi connectivity index (χ4n) is 1.81. The second-order valence-corrected chi connectivity index (χ2v) is 4.35. The van der Waals surface area contributed by atoms with E-state index in [1.807, 2.05) is 19.1 Å². The monoisotopic (exact) mass is 191 g/mol. The first kappa shape index (κ1) is 9.53. The molecule has 0 aliphatic heterocycles. The standard InChI is InChI=1S/C12H17NO/c1-8-2-5-12(14)10(6-8)11(13)7-9-3-4-9/h2,5-6,9,11,14H,3-4,7,13H2,1H3/t11-/m1/s1. The van der Waals surface area contributed by atoms with Crippen molar-refractivity contribution in [3.8, 4) is 5.75 Å². The Kier molecular flexibility index (Phi) is 2.46. The summed E-state index contributed by atoms with van der Waals surface area (Å²) in [7, 11) is 0. The van der Waals surface area contributed by atoms with Crippen molar-refractivity contribution in [2.45, 2.75) is 32.2 Å². The molecule has 14 heavy (non-hydrogen) atoms. The summed E-state index contributed by atoms with van der Waals surface area (Å²) >= 11 is 0. The summed E-state index contributed by atoms with van der Waals surface area (Å²) in [6, 6.07) is 5.63. The van der Waals surface area contributed by atoms with E-state index in [1.165, 1.54) is 12.8 Å². The lowest BCUT2D eigenvalue weighted by Gasteiger charge is -2.13. The Balaban J connectivity index is 2.15. The molecule has 2 nitrogen and oxygen atoms in total. The molecule has 1 aliphatic carbocycles. The van der Waals surface area contributed by atoms with Crippen LogP contribution in [0.1, 0.15) is 36.4 Å². The molecule has 2 heteroatoms. The van der Waals surface area contributed by atoms with Crippen LogP contribution < -0.4 is 5.73 Å². The predicted molar refractivity (Wildman–Crippen MR) is 57.1 cm³/mol. The van der Waals surface area contributed by atoms with Crippen LogP contribution in [0.25, 0.3) is 0 Å². The van der Waals surface area contributed by atoms with Gasteiger partial charge >= 0.3 is 0 Å². The number of hydrogen-bond donors (Lipinski definition) is 2. The van der Waals surface area contributed by atoms with Crippen molar-refractivity contribution >= 4 is 0 Å². The zero-order valence-corrected chi connectivity index (χ0v) is 8.53. The Morgan fingerprint density at radius 2 is 2.21 bits per heavy atom. The number of phenols is 1. The third kappa shape index (κ3) is 2.07. The molecule has 0 amide bonds. The number of hydrogen-bond acceptors (Lipinski definition) is 2. The Bertz CT molecular complexity index is 331. The molecule has 76 valence electrons. The average molecular weight is 191 g/mol. The Morgan fingerprint density at radius 1 is 1.50 bits per heavy atom. The summed E-state index contributed by atoms with van der Waals surface area (Å²) in [5.74, 6) is 1.13. The van der Waals surface area contributed by atoms with Crippen LogP contribution in [-0.2, 0) is 0 Å². The van der Waals surface area contributed by atoms with Crippen LogP contribution in [0.4, 0.5) is 0 Å². The van der Waals surface area contributed by atoms with Gasteiger partial charge in [-0.2, -0.15) is 0 Å². The van der Waals surface area contributed by atoms with Gasteiger partial charge in [-0.1, -0.05) is 30.5 Å². The first-order valence-electron chi connectivity index (χ1n) is 5.22. The summed E-state index contributed by atoms with van der Waals surface area (Å²) in [4.78, 5) is 0. The zero-order valence-electron chi connectivity index (χ0n) is 8.53. The lowest BCUT2D eigenvalue weighted by molar-refractivity contribution is 0.455. The highest BCUT2D eigenvalue weighted by Crippen LogP contribution is 2.38. The Labute approximate surface area is 84.7 Å². The normalized spacial score (nSPS) is 18.1. The molecule has 0 spiro atoms. The van der Waals surface area contributed by atoms with E-state index in [-0.39, 0.29) is 6.04 Å². The maximum atomic E-state index is 9.66. The SMILES string of the molecule is Cc1ccc(O)c([C@H](N)CC2CC2)c1. The molecule has 0 radical (unpaired) electrons. The smallest absolute Gasteiger partial charge is 0.120 e. The van der Waals surface area contributed by atoms with E-state index in [4.69, 9.17) is 5.73 Å². The largest absolute Gasteiger partial charge is 0.508 e. The van der Waals surface area contributed by atoms with Crippen molar-refractivity contribution in [3.63, 3.8) is 0 Å². The number of aryl methyl sites for hydroxylation is 1. The third-order valence-electron chi connectivity index (χ3n) is 2.87. The summed E-state index contributed by atoms with van der Waals surface area (Å²) in [5, 5.41) is 9.66. The maximum Gasteiger partial charge on any atom is 0.120 e. The number of aromatic hydroxyl groups is 1. The van der Waals surface area contributed by atoms with Crippen molar-refractivity contribution in [1.82, 2.24) is 0 Å². The summed E-state index contributed by atoms with van der Waals surface area (Å²) in [6.45, 7) is 2.02. The van der Waals surface area contributed by atoms with Crippen LogP contribution in [0.3, 0.4) is 0 Å². The van der Waals surface area contributed by atoms with Crippen molar-refractivity contribution in [1.29, 1.82) is 0 Å². The molecule has 0 unspecified atom stereocenters. The molecular weight excluding hydrogens is 174 g/mol. The number of phenolic OH excluding ortho intramolecular Hbond substituents is 1. The van der Waals surface area contributed by atoms with E-state index in [9.17, 15) is 5.11 Å². The van der Waals surface area contributed by atoms with Crippen LogP contribution in [0, 0.1) is 12.8 Å². The van der Waals surface area contributed by atoms with Crippen LogP contribution in [0.15, 0.2) is 18.2 Å². The van der Waals surface area contributed by atoms with E-state index in [1.54, 1.807) is 6.07 Å². The van der Waals surface area contributed by atoms with E-state index >= 15 is 0 Å². The molecule has 1 fully saturated rings. The first-order chi connectivity index (χ1) is 6.66. The highest BCUT2D eigenvalue weighted by Gasteiger charge is 2.25. The second kappa shape index (κ2) is 3.62. The van der Waals surface area contributed by atoms with Crippen molar-refractivity contribution in [2.75, 3.05) is 0 Å². The fourth-order valence-corrected chi connectivity index (χ4v) is 1.81. The quantitative estimate of drug-likeness (QED) is 0.771. The molecule has 1 saturated carbocycles. The van der Waals surface area contributed by atoms with E-state index in [0.29, 0.717) is 5.75 Å². The summed E-state index contributed by atoms with van der Waals surface area (Å²) in [6.07, 6.45) is 3.62. The van der Waals surface area contributed by atoms with Gasteiger partial charge in [0.05, 0.1) is 0 Å². The van der Waals surface area contributed by atoms with E-state index < -0.39 is 0 Å². The summed E-state index contributed by atoms with van der Waals surface area (Å²) < 4.78 is 0. The minimum absolute atomic E-state index is 0.00222. The van der Waals surface area contributed by atoms with Gasteiger partial charge in [0, 0.05) is 11.6 Å². The molecule has 1 atom stereocenters. The van der Waals surface area contributed by atoms with Crippen LogP contribution in [0.5, 0.6) is 5.75 Å². The van der Waals surface area contributed by atoms with Crippen molar-refractivity contribution in [3.05, 3.63) is 29.3 Å². The maximum absolute atomic E-state index is 9.66. The Hall–Kier alpha value is -1.02. The lowest BCUT2D eigenvalue weighted by atomic mass is 9.99. The molecule has 2 rings (SSSR count). The van der Waals surface area contributed by atoms with Crippen LogP contribution in [0.2, 0.25) is 0 Å². The fraction of sp³-hybridized carbons (Fsp3) is 0.500. The number of nitrogens with two attached hydrogens (primary N) is 1. The van der Waals surface area contributed by atoms with Gasteiger partial charge < -0.3 is 10.8 Å². The number of benzene rings is 1. The first-order valence-corrected chi connectivity index (χ1v) is 5.22. The summed E-state index contributed by atoms with van der Waals surface area (Å²) in [5.41, 5.74) is 8.10. The van der Waals surface area contributed by atoms with Crippen molar-refractivity contribution in [2.24, 2.45) is 11.7 Å². The van der Waals surface area contributed by atoms with Crippen molar-refractivity contribution < 1.29 is 5.11 Å². The highest BCUT2D eigenvalue weighted by molar-refractivity contribution is 5.37. The molecule has 0 bridgehead atoms. The molecule has 0 saturated heterocycles. The molecule has 3 N–H and O–H groups in total. The number of rotatable bonds is 3.